The van der Waals surface area contributed by atoms with Gasteiger partial charge in [-0.25, -0.2) is 5.90 Å². The first kappa shape index (κ1) is 16.6. The Kier molecular flexibility index (Phi) is 14.8. The average Bonchev–Trinajstić information content (AvgIpc) is 1.35. The fourth-order valence-electron chi connectivity index (χ4n) is 0. The summed E-state index contributed by atoms with van der Waals surface area (Å²) in [4.78, 5) is 23.2. The van der Waals surface area contributed by atoms with Crippen molar-refractivity contribution >= 4 is 69.8 Å². The minimum atomic E-state index is -4.35. The fourth-order valence-corrected chi connectivity index (χ4v) is 0. The molecule has 0 rings (SSSR count). The topological polar surface area (TPSA) is 95.9 Å². The van der Waals surface area contributed by atoms with Crippen LogP contribution >= 0.6 is 0 Å². The minimum absolute atomic E-state index is 0. The summed E-state index contributed by atoms with van der Waals surface area (Å²) < 4.78 is 3.24. The Bertz CT molecular complexity index is 45.8. The molecule has 46 valence electrons. The first-order valence-corrected chi connectivity index (χ1v) is 2.86. The van der Waals surface area contributed by atoms with Gasteiger partial charge in [0.15, 0.2) is 0 Å². The molecular formula is H9CaMgNO4Si. The Morgan fingerprint density at radius 1 is 1.25 bits per heavy atom. The second kappa shape index (κ2) is 7.15. The predicted molar refractivity (Wildman–Crippen MR) is 34.8 cm³/mol. The maximum Gasteiger partial charge on any atom is 0.316 e. The van der Waals surface area contributed by atoms with Gasteiger partial charge in [-0.2, -0.15) is 0 Å². The van der Waals surface area contributed by atoms with E-state index in [4.69, 9.17) is 14.4 Å². The van der Waals surface area contributed by atoms with E-state index in [9.17, 15) is 0 Å². The normalized spacial score (nSPS) is 9.00. The maximum atomic E-state index is 7.73. The molecule has 8 heteroatoms. The monoisotopic (exact) mass is 179 g/mol. The van der Waals surface area contributed by atoms with E-state index in [-0.39, 0.29) is 60.8 Å². The van der Waals surface area contributed by atoms with Gasteiger partial charge in [-0.15, -0.1) is 0 Å². The average molecular weight is 180 g/mol. The van der Waals surface area contributed by atoms with Crippen molar-refractivity contribution in [2.75, 3.05) is 0 Å². The standard InChI is InChI=1S/Ca.Mg.H5NO4Si.4H/c;;1-5-6(2,3)4;;;;/h;;2-4H,1H2;;;;. The van der Waals surface area contributed by atoms with Crippen LogP contribution in [0.5, 0.6) is 0 Å². The van der Waals surface area contributed by atoms with Crippen LogP contribution in [0.3, 0.4) is 0 Å². The molecule has 0 aliphatic heterocycles. The third kappa shape index (κ3) is 15.7. The molecule has 0 aromatic carbocycles. The smallest absolute Gasteiger partial charge is 0.316 e. The van der Waals surface area contributed by atoms with E-state index < -0.39 is 9.05 Å². The third-order valence-electron chi connectivity index (χ3n) is 0.158. The van der Waals surface area contributed by atoms with Gasteiger partial charge >= 0.3 is 69.8 Å². The summed E-state index contributed by atoms with van der Waals surface area (Å²) in [7, 11) is -4.35. The van der Waals surface area contributed by atoms with E-state index in [0.717, 1.165) is 0 Å². The van der Waals surface area contributed by atoms with E-state index in [1.54, 1.807) is 0 Å². The van der Waals surface area contributed by atoms with Gasteiger partial charge in [0, 0.05) is 0 Å². The van der Waals surface area contributed by atoms with E-state index in [2.05, 4.69) is 10.4 Å². The van der Waals surface area contributed by atoms with Gasteiger partial charge in [-0.3, -0.25) is 4.53 Å². The molecule has 0 aromatic heterocycles. The number of rotatable bonds is 1. The van der Waals surface area contributed by atoms with Crippen molar-refractivity contribution < 1.29 is 18.9 Å². The van der Waals surface area contributed by atoms with E-state index >= 15 is 0 Å². The predicted octanol–water partition coefficient (Wildman–Crippen LogP) is -4.54. The second-order valence-corrected chi connectivity index (χ2v) is 2.08. The van der Waals surface area contributed by atoms with Crippen LogP contribution in [0.2, 0.25) is 0 Å². The van der Waals surface area contributed by atoms with Gasteiger partial charge in [-0.1, -0.05) is 0 Å². The van der Waals surface area contributed by atoms with Crippen LogP contribution in [0.1, 0.15) is 0 Å². The molecule has 0 saturated heterocycles. The number of hydrogen-bond donors (Lipinski definition) is 4. The van der Waals surface area contributed by atoms with Crippen molar-refractivity contribution in [3.63, 3.8) is 0 Å². The van der Waals surface area contributed by atoms with E-state index in [1.807, 2.05) is 0 Å². The third-order valence-corrected chi connectivity index (χ3v) is 0.474. The van der Waals surface area contributed by atoms with Gasteiger partial charge in [0.25, 0.3) is 0 Å². The molecule has 0 atom stereocenters. The Hall–Kier alpha value is 2.04. The minimum Gasteiger partial charge on any atom is 0.316 e. The molecule has 8 heavy (non-hydrogen) atoms. The van der Waals surface area contributed by atoms with E-state index in [1.165, 1.54) is 0 Å². The first-order valence-electron chi connectivity index (χ1n) is 1.11. The summed E-state index contributed by atoms with van der Waals surface area (Å²) in [5.41, 5.74) is 0. The largest absolute Gasteiger partial charge is 0.316 e. The van der Waals surface area contributed by atoms with Crippen LogP contribution in [-0.2, 0) is 4.53 Å². The Balaban J connectivity index is -0.000000125. The zero-order valence-corrected chi connectivity index (χ0v) is 3.83. The van der Waals surface area contributed by atoms with Crippen LogP contribution < -0.4 is 5.90 Å². The second-order valence-electron chi connectivity index (χ2n) is 0.692. The quantitative estimate of drug-likeness (QED) is 0.240. The maximum absolute atomic E-state index is 7.73. The van der Waals surface area contributed by atoms with Crippen LogP contribution in [-0.4, -0.2) is 84.2 Å². The summed E-state index contributed by atoms with van der Waals surface area (Å²) in [5, 5.41) is 0. The van der Waals surface area contributed by atoms with Crippen LogP contribution in [0.25, 0.3) is 0 Å². The van der Waals surface area contributed by atoms with Gasteiger partial charge in [0.2, 0.25) is 0 Å². The van der Waals surface area contributed by atoms with E-state index in [0.29, 0.717) is 0 Å². The number of nitrogens with two attached hydrogens (primary N) is 1. The SMILES string of the molecule is NO[Si](O)(O)O.[CaH2].[MgH2]. The summed E-state index contributed by atoms with van der Waals surface area (Å²) in [6, 6.07) is 0. The Morgan fingerprint density at radius 2 is 1.38 bits per heavy atom. The van der Waals surface area contributed by atoms with Crippen molar-refractivity contribution in [1.29, 1.82) is 0 Å². The number of hydrogen-bond acceptors (Lipinski definition) is 5. The summed E-state index contributed by atoms with van der Waals surface area (Å²) in [5.74, 6) is 4.12. The van der Waals surface area contributed by atoms with Gasteiger partial charge in [0.1, 0.15) is 0 Å². The van der Waals surface area contributed by atoms with Gasteiger partial charge in [-0.05, 0) is 0 Å². The van der Waals surface area contributed by atoms with Gasteiger partial charge < -0.3 is 14.4 Å². The molecule has 0 amide bonds. The van der Waals surface area contributed by atoms with Crippen molar-refractivity contribution in [3.8, 4) is 0 Å². The molecule has 0 aliphatic rings. The molecule has 0 fully saturated rings. The zero-order valence-electron chi connectivity index (χ0n) is 2.83. The Labute approximate surface area is 93.4 Å². The van der Waals surface area contributed by atoms with Crippen molar-refractivity contribution in [2.45, 2.75) is 0 Å². The molecule has 0 saturated carbocycles. The molecule has 5 N–H and O–H groups in total. The molecule has 0 radical (unpaired) electrons. The molecule has 0 aromatic rings. The fraction of sp³-hybridized carbons (Fsp3) is 0. The van der Waals surface area contributed by atoms with Crippen molar-refractivity contribution in [1.82, 2.24) is 0 Å². The van der Waals surface area contributed by atoms with Crippen LogP contribution in [0, 0.1) is 0 Å². The van der Waals surface area contributed by atoms with Crippen LogP contribution in [0.4, 0.5) is 0 Å². The molecular weight excluding hydrogens is 170 g/mol. The molecule has 0 aliphatic carbocycles. The molecule has 0 spiro atoms. The molecule has 0 unspecified atom stereocenters. The summed E-state index contributed by atoms with van der Waals surface area (Å²) in [6.45, 7) is 0. The summed E-state index contributed by atoms with van der Waals surface area (Å²) >= 11 is 0. The zero-order chi connectivity index (χ0) is 5.21. The van der Waals surface area contributed by atoms with Crippen LogP contribution in [0.15, 0.2) is 0 Å². The molecule has 0 bridgehead atoms. The van der Waals surface area contributed by atoms with Crippen molar-refractivity contribution in [3.05, 3.63) is 0 Å². The molecule has 5 nitrogen and oxygen atoms in total. The van der Waals surface area contributed by atoms with Crippen molar-refractivity contribution in [2.24, 2.45) is 5.90 Å². The first-order chi connectivity index (χ1) is 2.56. The molecule has 0 heterocycles. The summed E-state index contributed by atoms with van der Waals surface area (Å²) in [6.07, 6.45) is 0. The Morgan fingerprint density at radius 3 is 1.38 bits per heavy atom. The van der Waals surface area contributed by atoms with Gasteiger partial charge in [0.05, 0.1) is 0 Å².